The molecule has 4 nitrogen and oxygen atoms in total. The van der Waals surface area contributed by atoms with Crippen LogP contribution in [0.25, 0.3) is 0 Å². The average molecular weight is 458 g/mol. The summed E-state index contributed by atoms with van der Waals surface area (Å²) in [6.07, 6.45) is 0. The van der Waals surface area contributed by atoms with Gasteiger partial charge in [0.2, 0.25) is 0 Å². The number of carbonyl (C=O) groups excluding carboxylic acids is 2. The SMILES string of the molecule is CC(C)(C)NN.Cl.O=C(Cl)c1c(F)cccc1Cl.O=C(Cl)c1ccccc1. The van der Waals surface area contributed by atoms with Gasteiger partial charge in [-0.15, -0.1) is 12.4 Å². The van der Waals surface area contributed by atoms with Gasteiger partial charge in [-0.3, -0.25) is 20.9 Å². The Balaban J connectivity index is 0. The first-order valence-corrected chi connectivity index (χ1v) is 8.49. The molecule has 0 aliphatic rings. The zero-order chi connectivity index (χ0) is 20.3. The molecule has 0 aromatic heterocycles. The number of halogens is 5. The minimum atomic E-state index is -0.881. The highest BCUT2D eigenvalue weighted by molar-refractivity contribution is 6.68. The van der Waals surface area contributed by atoms with Gasteiger partial charge in [-0.05, 0) is 56.1 Å². The highest BCUT2D eigenvalue weighted by Crippen LogP contribution is 2.20. The Bertz CT molecular complexity index is 703. The van der Waals surface area contributed by atoms with Crippen LogP contribution < -0.4 is 11.3 Å². The van der Waals surface area contributed by atoms with E-state index >= 15 is 0 Å². The third-order valence-electron chi connectivity index (χ3n) is 2.59. The van der Waals surface area contributed by atoms with E-state index in [9.17, 15) is 14.0 Å². The normalized spacial score (nSPS) is 9.63. The third-order valence-corrected chi connectivity index (χ3v) is 3.32. The van der Waals surface area contributed by atoms with E-state index in [1.54, 1.807) is 24.3 Å². The molecule has 0 aliphatic carbocycles. The average Bonchev–Trinajstić information content (AvgIpc) is 2.55. The van der Waals surface area contributed by atoms with E-state index in [4.69, 9.17) is 40.6 Å². The second-order valence-electron chi connectivity index (χ2n) is 5.90. The fourth-order valence-corrected chi connectivity index (χ4v) is 1.87. The Kier molecular flexibility index (Phi) is 14.4. The van der Waals surface area contributed by atoms with E-state index < -0.39 is 16.3 Å². The topological polar surface area (TPSA) is 72.2 Å². The molecule has 0 aliphatic heterocycles. The van der Waals surface area contributed by atoms with Gasteiger partial charge in [-0.2, -0.15) is 0 Å². The van der Waals surface area contributed by atoms with E-state index in [0.29, 0.717) is 5.56 Å². The van der Waals surface area contributed by atoms with Crippen LogP contribution in [0.3, 0.4) is 0 Å². The maximum atomic E-state index is 12.7. The second-order valence-corrected chi connectivity index (χ2v) is 7.00. The summed E-state index contributed by atoms with van der Waals surface area (Å²) < 4.78 is 12.7. The van der Waals surface area contributed by atoms with Crippen molar-refractivity contribution in [1.29, 1.82) is 0 Å². The minimum absolute atomic E-state index is 0. The maximum Gasteiger partial charge on any atom is 0.256 e. The van der Waals surface area contributed by atoms with E-state index in [-0.39, 0.29) is 28.5 Å². The van der Waals surface area contributed by atoms with Gasteiger partial charge in [0.05, 0.1) is 10.6 Å². The molecule has 0 amide bonds. The van der Waals surface area contributed by atoms with Crippen molar-refractivity contribution in [3.8, 4) is 0 Å². The van der Waals surface area contributed by atoms with Gasteiger partial charge in [-0.1, -0.05) is 48.0 Å². The number of hydrazine groups is 1. The predicted octanol–water partition coefficient (Wildman–Crippen LogP) is 5.59. The van der Waals surface area contributed by atoms with Gasteiger partial charge < -0.3 is 0 Å². The van der Waals surface area contributed by atoms with Gasteiger partial charge in [0.25, 0.3) is 10.5 Å². The summed E-state index contributed by atoms with van der Waals surface area (Å²) in [4.78, 5) is 20.9. The lowest BCUT2D eigenvalue weighted by Crippen LogP contribution is -2.41. The molecule has 3 N–H and O–H groups in total. The van der Waals surface area contributed by atoms with E-state index in [1.165, 1.54) is 12.1 Å². The quantitative estimate of drug-likeness (QED) is 0.350. The summed E-state index contributed by atoms with van der Waals surface area (Å²) in [5.74, 6) is 4.36. The molecular weight excluding hydrogens is 437 g/mol. The van der Waals surface area contributed by atoms with Gasteiger partial charge in [-0.25, -0.2) is 4.39 Å². The first-order chi connectivity index (χ1) is 12.0. The maximum absolute atomic E-state index is 12.7. The van der Waals surface area contributed by atoms with Crippen molar-refractivity contribution in [3.05, 3.63) is 70.5 Å². The van der Waals surface area contributed by atoms with Crippen LogP contribution >= 0.6 is 47.2 Å². The minimum Gasteiger partial charge on any atom is -0.276 e. The van der Waals surface area contributed by atoms with Gasteiger partial charge >= 0.3 is 0 Å². The first kappa shape index (κ1) is 28.0. The molecule has 0 radical (unpaired) electrons. The molecule has 2 rings (SSSR count). The number of hydrogen-bond donors (Lipinski definition) is 2. The summed E-state index contributed by atoms with van der Waals surface area (Å²) in [7, 11) is 0. The molecular formula is C18H21Cl4FN2O2. The van der Waals surface area contributed by atoms with E-state index in [2.05, 4.69) is 5.43 Å². The molecule has 0 atom stereocenters. The lowest BCUT2D eigenvalue weighted by Gasteiger charge is -2.14. The van der Waals surface area contributed by atoms with Gasteiger partial charge in [0.15, 0.2) is 0 Å². The monoisotopic (exact) mass is 456 g/mol. The zero-order valence-corrected chi connectivity index (χ0v) is 18.0. The van der Waals surface area contributed by atoms with Crippen LogP contribution in [0.4, 0.5) is 4.39 Å². The Morgan fingerprint density at radius 1 is 0.963 bits per heavy atom. The van der Waals surface area contributed by atoms with Crippen LogP contribution in [0.2, 0.25) is 5.02 Å². The molecule has 0 spiro atoms. The summed E-state index contributed by atoms with van der Waals surface area (Å²) in [6.45, 7) is 6.02. The Morgan fingerprint density at radius 3 is 1.70 bits per heavy atom. The van der Waals surface area contributed by atoms with Crippen molar-refractivity contribution in [2.45, 2.75) is 26.3 Å². The summed E-state index contributed by atoms with van der Waals surface area (Å²) in [6, 6.07) is 12.7. The van der Waals surface area contributed by atoms with Gasteiger partial charge in [0, 0.05) is 11.1 Å². The molecule has 2 aromatic carbocycles. The number of carbonyl (C=O) groups is 2. The van der Waals surface area contributed by atoms with Crippen molar-refractivity contribution < 1.29 is 14.0 Å². The molecule has 0 fully saturated rings. The number of nitrogens with two attached hydrogens (primary N) is 1. The molecule has 0 unspecified atom stereocenters. The fourth-order valence-electron chi connectivity index (χ4n) is 1.25. The molecule has 0 bridgehead atoms. The predicted molar refractivity (Wildman–Crippen MR) is 113 cm³/mol. The number of benzene rings is 2. The smallest absolute Gasteiger partial charge is 0.256 e. The fraction of sp³-hybridized carbons (Fsp3) is 0.222. The number of nitrogens with one attached hydrogen (secondary N) is 1. The molecule has 27 heavy (non-hydrogen) atoms. The number of hydrogen-bond acceptors (Lipinski definition) is 4. The molecule has 150 valence electrons. The lowest BCUT2D eigenvalue weighted by molar-refractivity contribution is 0.107. The number of rotatable bonds is 2. The van der Waals surface area contributed by atoms with Crippen molar-refractivity contribution in [2.24, 2.45) is 5.84 Å². The third kappa shape index (κ3) is 12.7. The summed E-state index contributed by atoms with van der Waals surface area (Å²) in [5.41, 5.74) is 2.95. The lowest BCUT2D eigenvalue weighted by atomic mass is 10.1. The van der Waals surface area contributed by atoms with Crippen LogP contribution in [-0.2, 0) is 0 Å². The standard InChI is InChI=1S/C7H3Cl2FO.C7H5ClO.C4H12N2.ClH/c8-4-2-1-3-5(10)6(4)7(9)11;8-7(9)6-4-2-1-3-5-6;1-4(2,3)6-5;/h1-3H;1-5H;6H,5H2,1-3H3;1H. The van der Waals surface area contributed by atoms with Crippen LogP contribution in [0.15, 0.2) is 48.5 Å². The molecule has 0 heterocycles. The van der Waals surface area contributed by atoms with Crippen LogP contribution in [0.1, 0.15) is 41.5 Å². The van der Waals surface area contributed by atoms with Crippen LogP contribution in [0, 0.1) is 5.82 Å². The van der Waals surface area contributed by atoms with E-state index in [1.807, 2.05) is 26.8 Å². The summed E-state index contributed by atoms with van der Waals surface area (Å²) in [5, 5.41) is -1.26. The Hall–Kier alpha value is -1.21. The largest absolute Gasteiger partial charge is 0.276 e. The van der Waals surface area contributed by atoms with Crippen LogP contribution in [-0.4, -0.2) is 16.0 Å². The summed E-state index contributed by atoms with van der Waals surface area (Å²) >= 11 is 15.7. The van der Waals surface area contributed by atoms with Gasteiger partial charge in [0.1, 0.15) is 5.82 Å². The van der Waals surface area contributed by atoms with Crippen LogP contribution in [0.5, 0.6) is 0 Å². The zero-order valence-electron chi connectivity index (χ0n) is 14.9. The van der Waals surface area contributed by atoms with Crippen molar-refractivity contribution >= 4 is 57.7 Å². The van der Waals surface area contributed by atoms with Crippen molar-refractivity contribution in [3.63, 3.8) is 0 Å². The molecule has 0 saturated heterocycles. The van der Waals surface area contributed by atoms with Crippen molar-refractivity contribution in [2.75, 3.05) is 0 Å². The Labute approximate surface area is 179 Å². The molecule has 2 aromatic rings. The molecule has 0 saturated carbocycles. The van der Waals surface area contributed by atoms with E-state index in [0.717, 1.165) is 6.07 Å². The Morgan fingerprint density at radius 2 is 1.44 bits per heavy atom. The molecule has 9 heteroatoms. The highest BCUT2D eigenvalue weighted by Gasteiger charge is 2.12. The van der Waals surface area contributed by atoms with Crippen molar-refractivity contribution in [1.82, 2.24) is 5.43 Å². The second kappa shape index (κ2) is 13.9. The highest BCUT2D eigenvalue weighted by atomic mass is 35.5. The first-order valence-electron chi connectivity index (χ1n) is 7.36.